The first-order valence-electron chi connectivity index (χ1n) is 5.85. The lowest BCUT2D eigenvalue weighted by atomic mass is 10.1. The molecule has 0 aromatic heterocycles. The molecule has 0 amide bonds. The van der Waals surface area contributed by atoms with Crippen molar-refractivity contribution in [3.8, 4) is 11.5 Å². The predicted octanol–water partition coefficient (Wildman–Crippen LogP) is 2.64. The monoisotopic (exact) mass is 271 g/mol. The van der Waals surface area contributed by atoms with Crippen LogP contribution < -0.4 is 0 Å². The van der Waals surface area contributed by atoms with Crippen LogP contribution in [0.15, 0.2) is 47.5 Å². The summed E-state index contributed by atoms with van der Waals surface area (Å²) >= 11 is 0. The van der Waals surface area contributed by atoms with Gasteiger partial charge in [-0.25, -0.2) is 4.79 Å². The van der Waals surface area contributed by atoms with E-state index in [1.807, 2.05) is 0 Å². The van der Waals surface area contributed by atoms with Gasteiger partial charge in [0.15, 0.2) is 11.5 Å². The summed E-state index contributed by atoms with van der Waals surface area (Å²) < 4.78 is 4.60. The maximum Gasteiger partial charge on any atom is 0.337 e. The van der Waals surface area contributed by atoms with Crippen LogP contribution in [0.3, 0.4) is 0 Å². The van der Waals surface area contributed by atoms with Gasteiger partial charge < -0.3 is 14.9 Å². The Morgan fingerprint density at radius 1 is 1.15 bits per heavy atom. The number of rotatable bonds is 3. The summed E-state index contributed by atoms with van der Waals surface area (Å²) in [5, 5.41) is 18.9. The molecule has 0 radical (unpaired) electrons. The van der Waals surface area contributed by atoms with Gasteiger partial charge in [0.25, 0.3) is 0 Å². The number of nitrogens with zero attached hydrogens (tertiary/aromatic N) is 1. The maximum atomic E-state index is 11.3. The second kappa shape index (κ2) is 5.88. The molecule has 0 aliphatic rings. The molecule has 0 saturated carbocycles. The Morgan fingerprint density at radius 2 is 1.85 bits per heavy atom. The molecule has 20 heavy (non-hydrogen) atoms. The molecule has 0 aliphatic carbocycles. The first kappa shape index (κ1) is 13.6. The minimum absolute atomic E-state index is 0.222. The maximum absolute atomic E-state index is 11.3. The first-order valence-corrected chi connectivity index (χ1v) is 5.85. The second-order valence-electron chi connectivity index (χ2n) is 4.02. The molecule has 2 aromatic rings. The van der Waals surface area contributed by atoms with Crippen molar-refractivity contribution in [1.29, 1.82) is 0 Å². The highest BCUT2D eigenvalue weighted by Crippen LogP contribution is 2.34. The Balaban J connectivity index is 2.19. The number of carbonyl (C=O) groups is 1. The van der Waals surface area contributed by atoms with Crippen LogP contribution in [0, 0.1) is 0 Å². The van der Waals surface area contributed by atoms with Crippen molar-refractivity contribution in [3.05, 3.63) is 53.6 Å². The molecule has 0 fully saturated rings. The van der Waals surface area contributed by atoms with Gasteiger partial charge in [0.2, 0.25) is 0 Å². The number of esters is 1. The van der Waals surface area contributed by atoms with Crippen LogP contribution in [-0.4, -0.2) is 29.5 Å². The Labute approximate surface area is 115 Å². The molecule has 0 aliphatic heterocycles. The van der Waals surface area contributed by atoms with Gasteiger partial charge in [-0.3, -0.25) is 4.99 Å². The average molecular weight is 271 g/mol. The van der Waals surface area contributed by atoms with Gasteiger partial charge >= 0.3 is 5.97 Å². The van der Waals surface area contributed by atoms with Gasteiger partial charge in [0, 0.05) is 6.21 Å². The van der Waals surface area contributed by atoms with Crippen LogP contribution in [0.1, 0.15) is 15.9 Å². The molecule has 2 aromatic carbocycles. The molecule has 0 saturated heterocycles. The summed E-state index contributed by atoms with van der Waals surface area (Å²) in [4.78, 5) is 15.3. The van der Waals surface area contributed by atoms with Gasteiger partial charge in [-0.1, -0.05) is 18.2 Å². The van der Waals surface area contributed by atoms with Gasteiger partial charge in [0.1, 0.15) is 5.69 Å². The zero-order valence-corrected chi connectivity index (χ0v) is 10.8. The summed E-state index contributed by atoms with van der Waals surface area (Å²) in [5.74, 6) is -0.894. The highest BCUT2D eigenvalue weighted by molar-refractivity contribution is 5.91. The summed E-state index contributed by atoms with van der Waals surface area (Å²) in [6.45, 7) is 0. The SMILES string of the molecule is COC(=O)c1ccc(/C=N/c2cccc(O)c2O)cc1. The van der Waals surface area contributed by atoms with Gasteiger partial charge in [-0.05, 0) is 29.8 Å². The van der Waals surface area contributed by atoms with E-state index in [0.717, 1.165) is 5.56 Å². The van der Waals surface area contributed by atoms with Crippen LogP contribution in [0.4, 0.5) is 5.69 Å². The molecular weight excluding hydrogens is 258 g/mol. The zero-order chi connectivity index (χ0) is 14.5. The normalized spacial score (nSPS) is 10.7. The largest absolute Gasteiger partial charge is 0.504 e. The third-order valence-corrected chi connectivity index (χ3v) is 2.68. The fraction of sp³-hybridized carbons (Fsp3) is 0.0667. The Bertz CT molecular complexity index is 647. The van der Waals surface area contributed by atoms with Crippen molar-refractivity contribution in [3.63, 3.8) is 0 Å². The number of phenols is 2. The lowest BCUT2D eigenvalue weighted by molar-refractivity contribution is 0.0600. The molecule has 0 atom stereocenters. The average Bonchev–Trinajstić information content (AvgIpc) is 2.48. The fourth-order valence-corrected chi connectivity index (χ4v) is 1.59. The van der Waals surface area contributed by atoms with Crippen LogP contribution in [-0.2, 0) is 4.74 Å². The number of hydrogen-bond acceptors (Lipinski definition) is 5. The fourth-order valence-electron chi connectivity index (χ4n) is 1.59. The number of benzene rings is 2. The van der Waals surface area contributed by atoms with Crippen molar-refractivity contribution in [2.75, 3.05) is 7.11 Å². The van der Waals surface area contributed by atoms with E-state index in [9.17, 15) is 15.0 Å². The van der Waals surface area contributed by atoms with Crippen molar-refractivity contribution in [2.24, 2.45) is 4.99 Å². The minimum atomic E-state index is -0.404. The quantitative estimate of drug-likeness (QED) is 0.511. The van der Waals surface area contributed by atoms with E-state index in [1.54, 1.807) is 36.4 Å². The van der Waals surface area contributed by atoms with Gasteiger partial charge in [-0.15, -0.1) is 0 Å². The number of ether oxygens (including phenoxy) is 1. The number of methoxy groups -OCH3 is 1. The lowest BCUT2D eigenvalue weighted by Crippen LogP contribution is -2.00. The topological polar surface area (TPSA) is 79.1 Å². The predicted molar refractivity (Wildman–Crippen MR) is 74.8 cm³/mol. The van der Waals surface area contributed by atoms with E-state index in [-0.39, 0.29) is 17.2 Å². The second-order valence-corrected chi connectivity index (χ2v) is 4.02. The van der Waals surface area contributed by atoms with Crippen LogP contribution in [0.2, 0.25) is 0 Å². The van der Waals surface area contributed by atoms with Crippen molar-refractivity contribution < 1.29 is 19.7 Å². The summed E-state index contributed by atoms with van der Waals surface area (Å²) in [7, 11) is 1.32. The molecule has 2 N–H and O–H groups in total. The van der Waals surface area contributed by atoms with Crippen molar-refractivity contribution in [2.45, 2.75) is 0 Å². The molecule has 0 bridgehead atoms. The number of para-hydroxylation sites is 1. The number of phenolic OH excluding ortho intramolecular Hbond substituents is 2. The molecular formula is C15H13NO4. The molecule has 5 heteroatoms. The Kier molecular flexibility index (Phi) is 4.00. The summed E-state index contributed by atoms with van der Waals surface area (Å²) in [6, 6.07) is 11.2. The standard InChI is InChI=1S/C15H13NO4/c1-20-15(19)11-7-5-10(6-8-11)9-16-12-3-2-4-13(17)14(12)18/h2-9,17-18H,1H3/b16-9+. The number of aromatic hydroxyl groups is 2. The van der Waals surface area contributed by atoms with Gasteiger partial charge in [0.05, 0.1) is 12.7 Å². The zero-order valence-electron chi connectivity index (χ0n) is 10.8. The minimum Gasteiger partial charge on any atom is -0.504 e. The third kappa shape index (κ3) is 2.95. The number of aliphatic imine (C=N–C) groups is 1. The van der Waals surface area contributed by atoms with Crippen LogP contribution >= 0.6 is 0 Å². The molecule has 0 spiro atoms. The van der Waals surface area contributed by atoms with E-state index in [2.05, 4.69) is 9.73 Å². The smallest absolute Gasteiger partial charge is 0.337 e. The van der Waals surface area contributed by atoms with Crippen molar-refractivity contribution in [1.82, 2.24) is 0 Å². The lowest BCUT2D eigenvalue weighted by Gasteiger charge is -2.01. The molecule has 0 heterocycles. The highest BCUT2D eigenvalue weighted by atomic mass is 16.5. The van der Waals surface area contributed by atoms with E-state index in [4.69, 9.17) is 0 Å². The van der Waals surface area contributed by atoms with E-state index in [1.165, 1.54) is 19.4 Å². The first-order chi connectivity index (χ1) is 9.61. The molecule has 2 rings (SSSR count). The van der Waals surface area contributed by atoms with Crippen LogP contribution in [0.5, 0.6) is 11.5 Å². The Hall–Kier alpha value is -2.82. The third-order valence-electron chi connectivity index (χ3n) is 2.68. The molecule has 5 nitrogen and oxygen atoms in total. The van der Waals surface area contributed by atoms with E-state index in [0.29, 0.717) is 5.56 Å². The van der Waals surface area contributed by atoms with E-state index >= 15 is 0 Å². The van der Waals surface area contributed by atoms with Crippen LogP contribution in [0.25, 0.3) is 0 Å². The Morgan fingerprint density at radius 3 is 2.50 bits per heavy atom. The molecule has 0 unspecified atom stereocenters. The van der Waals surface area contributed by atoms with Gasteiger partial charge in [-0.2, -0.15) is 0 Å². The van der Waals surface area contributed by atoms with E-state index < -0.39 is 5.97 Å². The highest BCUT2D eigenvalue weighted by Gasteiger charge is 2.05. The number of hydrogen-bond donors (Lipinski definition) is 2. The number of carbonyl (C=O) groups excluding carboxylic acids is 1. The summed E-state index contributed by atoms with van der Waals surface area (Å²) in [5.41, 5.74) is 1.47. The summed E-state index contributed by atoms with van der Waals surface area (Å²) in [6.07, 6.45) is 1.52. The van der Waals surface area contributed by atoms with Crippen molar-refractivity contribution >= 4 is 17.9 Å². The molecule has 102 valence electrons.